The van der Waals surface area contributed by atoms with Crippen LogP contribution in [0.15, 0.2) is 97.1 Å². The molecule has 1 aromatic heterocycles. The maximum Gasteiger partial charge on any atom is 0.268 e. The zero-order chi connectivity index (χ0) is 23.7. The molecule has 5 rings (SSSR count). The van der Waals surface area contributed by atoms with Crippen LogP contribution in [0.25, 0.3) is 10.4 Å². The second kappa shape index (κ2) is 9.27. The summed E-state index contributed by atoms with van der Waals surface area (Å²) >= 11 is 1.52. The SMILES string of the molecule is CC(=O)N(c1ccccc1)[C@H]1C[C@@H](C)N(C(=O)c2ccc(-c3ccccc3)s2)c2ccccc21. The van der Waals surface area contributed by atoms with Crippen molar-refractivity contribution in [2.24, 2.45) is 0 Å². The Labute approximate surface area is 204 Å². The van der Waals surface area contributed by atoms with E-state index in [1.165, 1.54) is 11.3 Å². The molecule has 170 valence electrons. The van der Waals surface area contributed by atoms with Gasteiger partial charge in [0.05, 0.1) is 10.9 Å². The fourth-order valence-electron chi connectivity index (χ4n) is 4.83. The van der Waals surface area contributed by atoms with Gasteiger partial charge in [-0.15, -0.1) is 11.3 Å². The Hall–Kier alpha value is -3.70. The summed E-state index contributed by atoms with van der Waals surface area (Å²) in [6, 6.07) is 31.6. The van der Waals surface area contributed by atoms with E-state index < -0.39 is 0 Å². The molecular weight excluding hydrogens is 440 g/mol. The van der Waals surface area contributed by atoms with Crippen LogP contribution in [0.1, 0.15) is 41.5 Å². The molecule has 0 saturated carbocycles. The molecule has 5 heteroatoms. The van der Waals surface area contributed by atoms with Crippen molar-refractivity contribution in [3.05, 3.63) is 108 Å². The lowest BCUT2D eigenvalue weighted by molar-refractivity contribution is -0.117. The Balaban J connectivity index is 1.52. The third-order valence-corrected chi connectivity index (χ3v) is 7.46. The molecule has 3 aromatic carbocycles. The highest BCUT2D eigenvalue weighted by molar-refractivity contribution is 7.17. The lowest BCUT2D eigenvalue weighted by Crippen LogP contribution is -2.47. The first kappa shape index (κ1) is 22.1. The quantitative estimate of drug-likeness (QED) is 0.327. The van der Waals surface area contributed by atoms with Crippen LogP contribution in [-0.2, 0) is 4.79 Å². The number of carbonyl (C=O) groups is 2. The van der Waals surface area contributed by atoms with Crippen LogP contribution in [-0.4, -0.2) is 17.9 Å². The fourth-order valence-corrected chi connectivity index (χ4v) is 5.78. The monoisotopic (exact) mass is 466 g/mol. The van der Waals surface area contributed by atoms with Crippen LogP contribution in [0, 0.1) is 0 Å². The van der Waals surface area contributed by atoms with Crippen LogP contribution in [0.5, 0.6) is 0 Å². The largest absolute Gasteiger partial charge is 0.305 e. The van der Waals surface area contributed by atoms with E-state index in [1.807, 2.05) is 94.7 Å². The number of amides is 2. The highest BCUT2D eigenvalue weighted by Gasteiger charge is 2.38. The highest BCUT2D eigenvalue weighted by atomic mass is 32.1. The van der Waals surface area contributed by atoms with Crippen molar-refractivity contribution in [1.29, 1.82) is 0 Å². The number of hydrogen-bond acceptors (Lipinski definition) is 3. The zero-order valence-corrected chi connectivity index (χ0v) is 20.0. The standard InChI is InChI=1S/C29H26N2O2S/c1-20-19-26(31(21(2)32)23-13-7-4-8-14-23)24-15-9-10-16-25(24)30(20)29(33)28-18-17-27(34-28)22-11-5-3-6-12-22/h3-18,20,26H,19H2,1-2H3/t20-,26+/m1/s1. The van der Waals surface area contributed by atoms with Crippen molar-refractivity contribution in [2.75, 3.05) is 9.80 Å². The minimum Gasteiger partial charge on any atom is -0.305 e. The van der Waals surface area contributed by atoms with Gasteiger partial charge in [0.2, 0.25) is 5.91 Å². The summed E-state index contributed by atoms with van der Waals surface area (Å²) in [5.74, 6) is -0.0107. The molecule has 2 atom stereocenters. The maximum absolute atomic E-state index is 13.8. The van der Waals surface area contributed by atoms with E-state index in [0.717, 1.165) is 27.4 Å². The van der Waals surface area contributed by atoms with Gasteiger partial charge in [-0.1, -0.05) is 66.7 Å². The number of rotatable bonds is 4. The summed E-state index contributed by atoms with van der Waals surface area (Å²) in [5, 5.41) is 0. The number of nitrogens with zero attached hydrogens (tertiary/aromatic N) is 2. The lowest BCUT2D eigenvalue weighted by Gasteiger charge is -2.43. The predicted molar refractivity (Wildman–Crippen MR) is 139 cm³/mol. The van der Waals surface area contributed by atoms with E-state index in [0.29, 0.717) is 11.3 Å². The third-order valence-electron chi connectivity index (χ3n) is 6.34. The van der Waals surface area contributed by atoms with E-state index in [4.69, 9.17) is 0 Å². The van der Waals surface area contributed by atoms with Crippen LogP contribution in [0.2, 0.25) is 0 Å². The molecule has 0 N–H and O–H groups in total. The molecule has 0 saturated heterocycles. The van der Waals surface area contributed by atoms with Crippen LogP contribution < -0.4 is 9.80 Å². The molecule has 2 heterocycles. The number of benzene rings is 3. The Morgan fingerprint density at radius 1 is 0.853 bits per heavy atom. The summed E-state index contributed by atoms with van der Waals surface area (Å²) in [7, 11) is 0. The number of fused-ring (bicyclic) bond motifs is 1. The van der Waals surface area contributed by atoms with E-state index >= 15 is 0 Å². The predicted octanol–water partition coefficient (Wildman–Crippen LogP) is 6.95. The van der Waals surface area contributed by atoms with Gasteiger partial charge >= 0.3 is 0 Å². The first-order chi connectivity index (χ1) is 16.5. The summed E-state index contributed by atoms with van der Waals surface area (Å²) in [6.45, 7) is 3.67. The first-order valence-electron chi connectivity index (χ1n) is 11.5. The van der Waals surface area contributed by atoms with E-state index in [2.05, 4.69) is 19.1 Å². The van der Waals surface area contributed by atoms with Crippen molar-refractivity contribution in [3.8, 4) is 10.4 Å². The van der Waals surface area contributed by atoms with Crippen molar-refractivity contribution >= 4 is 34.5 Å². The highest BCUT2D eigenvalue weighted by Crippen LogP contribution is 2.43. The molecular formula is C29H26N2O2S. The van der Waals surface area contributed by atoms with Gasteiger partial charge in [-0.25, -0.2) is 0 Å². The first-order valence-corrected chi connectivity index (χ1v) is 12.3. The second-order valence-corrected chi connectivity index (χ2v) is 9.67. The minimum atomic E-state index is -0.140. The molecule has 34 heavy (non-hydrogen) atoms. The van der Waals surface area contributed by atoms with Crippen molar-refractivity contribution in [3.63, 3.8) is 0 Å². The van der Waals surface area contributed by atoms with Gasteiger partial charge in [0.1, 0.15) is 0 Å². The molecule has 0 bridgehead atoms. The Morgan fingerprint density at radius 3 is 2.21 bits per heavy atom. The van der Waals surface area contributed by atoms with Gasteiger partial charge in [-0.05, 0) is 54.8 Å². The van der Waals surface area contributed by atoms with Crippen LogP contribution >= 0.6 is 11.3 Å². The zero-order valence-electron chi connectivity index (χ0n) is 19.2. The summed E-state index contributed by atoms with van der Waals surface area (Å²) in [5.41, 5.74) is 3.84. The molecule has 2 amide bonds. The summed E-state index contributed by atoms with van der Waals surface area (Å²) in [4.78, 5) is 32.1. The van der Waals surface area contributed by atoms with Gasteiger partial charge in [-0.3, -0.25) is 9.59 Å². The average molecular weight is 467 g/mol. The summed E-state index contributed by atoms with van der Waals surface area (Å²) in [6.07, 6.45) is 0.661. The lowest BCUT2D eigenvalue weighted by atomic mass is 9.89. The average Bonchev–Trinajstić information content (AvgIpc) is 3.35. The maximum atomic E-state index is 13.8. The topological polar surface area (TPSA) is 40.6 Å². The van der Waals surface area contributed by atoms with Gasteiger partial charge in [0.25, 0.3) is 5.91 Å². The number of para-hydroxylation sites is 2. The van der Waals surface area contributed by atoms with Crippen LogP contribution in [0.4, 0.5) is 11.4 Å². The van der Waals surface area contributed by atoms with E-state index in [-0.39, 0.29) is 23.9 Å². The fraction of sp³-hybridized carbons (Fsp3) is 0.172. The van der Waals surface area contributed by atoms with Gasteiger partial charge in [0.15, 0.2) is 0 Å². The molecule has 4 aromatic rings. The van der Waals surface area contributed by atoms with E-state index in [9.17, 15) is 9.59 Å². The molecule has 0 fully saturated rings. The van der Waals surface area contributed by atoms with E-state index in [1.54, 1.807) is 6.92 Å². The smallest absolute Gasteiger partial charge is 0.268 e. The molecule has 1 aliphatic rings. The van der Waals surface area contributed by atoms with Crippen molar-refractivity contribution in [1.82, 2.24) is 0 Å². The Bertz CT molecular complexity index is 1320. The number of carbonyl (C=O) groups excluding carboxylic acids is 2. The summed E-state index contributed by atoms with van der Waals surface area (Å²) < 4.78 is 0. The number of anilines is 2. The second-order valence-electron chi connectivity index (χ2n) is 8.59. The third kappa shape index (κ3) is 4.03. The molecule has 0 aliphatic carbocycles. The normalized spacial score (nSPS) is 17.2. The van der Waals surface area contributed by atoms with Gasteiger partial charge in [-0.2, -0.15) is 0 Å². The molecule has 0 spiro atoms. The van der Waals surface area contributed by atoms with Gasteiger partial charge < -0.3 is 9.80 Å². The Morgan fingerprint density at radius 2 is 1.50 bits per heavy atom. The molecule has 0 radical (unpaired) electrons. The number of hydrogen-bond donors (Lipinski definition) is 0. The molecule has 4 nitrogen and oxygen atoms in total. The Kier molecular flexibility index (Phi) is 6.03. The number of thiophene rings is 1. The minimum absolute atomic E-state index is 0.000308. The molecule has 0 unspecified atom stereocenters. The van der Waals surface area contributed by atoms with Crippen LogP contribution in [0.3, 0.4) is 0 Å². The molecule has 1 aliphatic heterocycles. The van der Waals surface area contributed by atoms with Crippen molar-refractivity contribution < 1.29 is 9.59 Å². The van der Waals surface area contributed by atoms with Crippen molar-refractivity contribution in [2.45, 2.75) is 32.4 Å². The van der Waals surface area contributed by atoms with Gasteiger partial charge in [0, 0.05) is 29.2 Å².